The topological polar surface area (TPSA) is 90.7 Å². The van der Waals surface area contributed by atoms with E-state index in [0.29, 0.717) is 30.4 Å². The Bertz CT molecular complexity index is 501. The van der Waals surface area contributed by atoms with Crippen molar-refractivity contribution < 1.29 is 19.1 Å². The summed E-state index contributed by atoms with van der Waals surface area (Å²) in [6.45, 7) is 2.63. The zero-order chi connectivity index (χ0) is 13.8. The van der Waals surface area contributed by atoms with E-state index in [1.165, 1.54) is 0 Å². The molecule has 6 heteroatoms. The summed E-state index contributed by atoms with van der Waals surface area (Å²) in [5, 5.41) is 2.70. The molecule has 0 fully saturated rings. The lowest BCUT2D eigenvalue weighted by molar-refractivity contribution is -0.125. The highest BCUT2D eigenvalue weighted by Gasteiger charge is 2.16. The van der Waals surface area contributed by atoms with Crippen molar-refractivity contribution in [1.29, 1.82) is 0 Å². The lowest BCUT2D eigenvalue weighted by Crippen LogP contribution is -2.25. The van der Waals surface area contributed by atoms with E-state index in [1.54, 1.807) is 25.1 Å². The van der Waals surface area contributed by atoms with Gasteiger partial charge in [0.1, 0.15) is 13.2 Å². The third-order valence-corrected chi connectivity index (χ3v) is 2.80. The van der Waals surface area contributed by atoms with Crippen LogP contribution >= 0.6 is 0 Å². The predicted octanol–water partition coefficient (Wildman–Crippen LogP) is 0.908. The number of hydrogen-bond acceptors (Lipinski definition) is 4. The third kappa shape index (κ3) is 3.37. The number of carbonyl (C=O) groups excluding carboxylic acids is 2. The molecule has 1 aliphatic heterocycles. The van der Waals surface area contributed by atoms with Crippen molar-refractivity contribution in [1.82, 2.24) is 0 Å². The van der Waals surface area contributed by atoms with Gasteiger partial charge in [-0.25, -0.2) is 0 Å². The summed E-state index contributed by atoms with van der Waals surface area (Å²) in [7, 11) is 0. The van der Waals surface area contributed by atoms with Crippen LogP contribution < -0.4 is 20.5 Å². The summed E-state index contributed by atoms with van der Waals surface area (Å²) in [5.41, 5.74) is 5.72. The number of primary amides is 1. The average molecular weight is 264 g/mol. The smallest absolute Gasteiger partial charge is 0.225 e. The van der Waals surface area contributed by atoms with Crippen molar-refractivity contribution in [2.45, 2.75) is 13.3 Å². The molecule has 3 N–H and O–H groups in total. The second-order valence-corrected chi connectivity index (χ2v) is 4.41. The number of ether oxygens (including phenoxy) is 2. The van der Waals surface area contributed by atoms with Crippen molar-refractivity contribution in [3.05, 3.63) is 18.2 Å². The Labute approximate surface area is 110 Å². The van der Waals surface area contributed by atoms with E-state index < -0.39 is 11.8 Å². The highest BCUT2D eigenvalue weighted by atomic mass is 16.6. The molecule has 1 aromatic carbocycles. The van der Waals surface area contributed by atoms with Crippen molar-refractivity contribution in [3.63, 3.8) is 0 Å². The van der Waals surface area contributed by atoms with Gasteiger partial charge in [-0.2, -0.15) is 0 Å². The summed E-state index contributed by atoms with van der Waals surface area (Å²) in [5.74, 6) is 0.0271. The Hall–Kier alpha value is -2.24. The molecular weight excluding hydrogens is 248 g/mol. The maximum absolute atomic E-state index is 11.7. The van der Waals surface area contributed by atoms with Crippen LogP contribution in [0, 0.1) is 5.92 Å². The van der Waals surface area contributed by atoms with E-state index >= 15 is 0 Å². The molecule has 0 radical (unpaired) electrons. The van der Waals surface area contributed by atoms with Crippen LogP contribution in [0.3, 0.4) is 0 Å². The summed E-state index contributed by atoms with van der Waals surface area (Å²) in [6.07, 6.45) is 0.0593. The molecule has 0 aliphatic carbocycles. The lowest BCUT2D eigenvalue weighted by atomic mass is 10.1. The van der Waals surface area contributed by atoms with Gasteiger partial charge in [-0.05, 0) is 12.1 Å². The largest absolute Gasteiger partial charge is 0.486 e. The molecule has 102 valence electrons. The van der Waals surface area contributed by atoms with Gasteiger partial charge >= 0.3 is 0 Å². The second-order valence-electron chi connectivity index (χ2n) is 4.41. The van der Waals surface area contributed by atoms with E-state index in [4.69, 9.17) is 15.2 Å². The van der Waals surface area contributed by atoms with Gasteiger partial charge in [0, 0.05) is 24.1 Å². The molecule has 1 atom stereocenters. The minimum absolute atomic E-state index is 0.0593. The molecule has 0 saturated heterocycles. The quantitative estimate of drug-likeness (QED) is 0.845. The fourth-order valence-electron chi connectivity index (χ4n) is 1.71. The normalized spacial score (nSPS) is 14.6. The zero-order valence-corrected chi connectivity index (χ0v) is 10.6. The Morgan fingerprint density at radius 3 is 2.68 bits per heavy atom. The lowest BCUT2D eigenvalue weighted by Gasteiger charge is -2.19. The van der Waals surface area contributed by atoms with Gasteiger partial charge < -0.3 is 20.5 Å². The maximum Gasteiger partial charge on any atom is 0.225 e. The number of anilines is 1. The van der Waals surface area contributed by atoms with Gasteiger partial charge in [0.2, 0.25) is 11.8 Å². The van der Waals surface area contributed by atoms with Gasteiger partial charge in [-0.15, -0.1) is 0 Å². The van der Waals surface area contributed by atoms with Crippen LogP contribution in [-0.4, -0.2) is 25.0 Å². The standard InChI is InChI=1S/C13H16N2O4/c1-8(13(14)17)6-12(16)15-9-2-3-10-11(7-9)19-5-4-18-10/h2-3,7-8H,4-6H2,1H3,(H2,14,17)(H,15,16). The number of rotatable bonds is 4. The van der Waals surface area contributed by atoms with E-state index in [1.807, 2.05) is 0 Å². The molecule has 2 amide bonds. The van der Waals surface area contributed by atoms with Gasteiger partial charge in [0.25, 0.3) is 0 Å². The molecule has 0 bridgehead atoms. The fourth-order valence-corrected chi connectivity index (χ4v) is 1.71. The Morgan fingerprint density at radius 2 is 2.00 bits per heavy atom. The van der Waals surface area contributed by atoms with E-state index in [9.17, 15) is 9.59 Å². The molecule has 0 spiro atoms. The summed E-state index contributed by atoms with van der Waals surface area (Å²) < 4.78 is 10.8. The number of amides is 2. The highest BCUT2D eigenvalue weighted by molar-refractivity contribution is 5.94. The van der Waals surface area contributed by atoms with Crippen LogP contribution in [-0.2, 0) is 9.59 Å². The minimum Gasteiger partial charge on any atom is -0.486 e. The Balaban J connectivity index is 1.99. The number of nitrogens with two attached hydrogens (primary N) is 1. The van der Waals surface area contributed by atoms with E-state index in [0.717, 1.165) is 0 Å². The summed E-state index contributed by atoms with van der Waals surface area (Å²) in [4.78, 5) is 22.6. The van der Waals surface area contributed by atoms with Crippen molar-refractivity contribution >= 4 is 17.5 Å². The monoisotopic (exact) mass is 264 g/mol. The first kappa shape index (κ1) is 13.2. The third-order valence-electron chi connectivity index (χ3n) is 2.80. The van der Waals surface area contributed by atoms with E-state index in [2.05, 4.69) is 5.32 Å². The Kier molecular flexibility index (Phi) is 3.89. The van der Waals surface area contributed by atoms with Crippen LogP contribution in [0.25, 0.3) is 0 Å². The van der Waals surface area contributed by atoms with Gasteiger partial charge in [-0.1, -0.05) is 6.92 Å². The molecule has 2 rings (SSSR count). The first-order valence-electron chi connectivity index (χ1n) is 6.05. The minimum atomic E-state index is -0.489. The van der Waals surface area contributed by atoms with Crippen LogP contribution in [0.5, 0.6) is 11.5 Å². The molecule has 1 heterocycles. The average Bonchev–Trinajstić information content (AvgIpc) is 2.38. The molecular formula is C13H16N2O4. The first-order chi connectivity index (χ1) is 9.06. The van der Waals surface area contributed by atoms with Gasteiger partial charge in [0.05, 0.1) is 0 Å². The van der Waals surface area contributed by atoms with Crippen molar-refractivity contribution in [3.8, 4) is 11.5 Å². The van der Waals surface area contributed by atoms with Crippen LogP contribution in [0.15, 0.2) is 18.2 Å². The van der Waals surface area contributed by atoms with Crippen LogP contribution in [0.2, 0.25) is 0 Å². The predicted molar refractivity (Wildman–Crippen MR) is 69.0 cm³/mol. The summed E-state index contributed by atoms with van der Waals surface area (Å²) in [6, 6.07) is 5.16. The number of benzene rings is 1. The molecule has 19 heavy (non-hydrogen) atoms. The number of carbonyl (C=O) groups is 2. The molecule has 6 nitrogen and oxygen atoms in total. The molecule has 0 aromatic heterocycles. The van der Waals surface area contributed by atoms with Gasteiger partial charge in [-0.3, -0.25) is 9.59 Å². The number of nitrogens with one attached hydrogen (secondary N) is 1. The molecule has 1 aliphatic rings. The van der Waals surface area contributed by atoms with Crippen LogP contribution in [0.1, 0.15) is 13.3 Å². The molecule has 1 unspecified atom stereocenters. The van der Waals surface area contributed by atoms with Crippen molar-refractivity contribution in [2.24, 2.45) is 11.7 Å². The zero-order valence-electron chi connectivity index (χ0n) is 10.6. The van der Waals surface area contributed by atoms with Gasteiger partial charge in [0.15, 0.2) is 11.5 Å². The molecule has 1 aromatic rings. The maximum atomic E-state index is 11.7. The summed E-state index contributed by atoms with van der Waals surface area (Å²) >= 11 is 0. The SMILES string of the molecule is CC(CC(=O)Nc1ccc2c(c1)OCCO2)C(N)=O. The highest BCUT2D eigenvalue weighted by Crippen LogP contribution is 2.32. The second kappa shape index (κ2) is 5.60. The van der Waals surface area contributed by atoms with Crippen molar-refractivity contribution in [2.75, 3.05) is 18.5 Å². The molecule has 0 saturated carbocycles. The number of hydrogen-bond donors (Lipinski definition) is 2. The first-order valence-corrected chi connectivity index (χ1v) is 6.05. The van der Waals surface area contributed by atoms with Crippen LogP contribution in [0.4, 0.5) is 5.69 Å². The Morgan fingerprint density at radius 1 is 1.32 bits per heavy atom. The van der Waals surface area contributed by atoms with E-state index in [-0.39, 0.29) is 12.3 Å². The number of fused-ring (bicyclic) bond motifs is 1. The fraction of sp³-hybridized carbons (Fsp3) is 0.385.